The van der Waals surface area contributed by atoms with E-state index in [-0.39, 0.29) is 47.8 Å². The van der Waals surface area contributed by atoms with Crippen LogP contribution in [0.15, 0.2) is 29.2 Å². The van der Waals surface area contributed by atoms with Gasteiger partial charge in [-0.05, 0) is 52.4 Å². The first-order valence-corrected chi connectivity index (χ1v) is 13.5. The number of aromatic nitrogens is 1. The van der Waals surface area contributed by atoms with Crippen molar-refractivity contribution < 1.29 is 37.4 Å². The van der Waals surface area contributed by atoms with Gasteiger partial charge in [0.05, 0.1) is 51.4 Å². The van der Waals surface area contributed by atoms with Crippen molar-refractivity contribution in [3.8, 4) is 0 Å². The number of pyridine rings is 1. The van der Waals surface area contributed by atoms with Crippen LogP contribution in [0.4, 0.5) is 13.2 Å². The molecule has 9 nitrogen and oxygen atoms in total. The highest BCUT2D eigenvalue weighted by molar-refractivity contribution is 6.39. The van der Waals surface area contributed by atoms with Gasteiger partial charge in [0.1, 0.15) is 0 Å². The smallest absolute Gasteiger partial charge is 0.433 e. The van der Waals surface area contributed by atoms with Crippen molar-refractivity contribution in [2.24, 2.45) is 16.6 Å². The molecule has 40 heavy (non-hydrogen) atoms. The van der Waals surface area contributed by atoms with Gasteiger partial charge in [0.25, 0.3) is 5.91 Å². The number of Topliss-reactive ketones (excluding diaryl/α,β-unsaturated/α-hetero) is 1. The highest BCUT2D eigenvalue weighted by Crippen LogP contribution is 2.33. The third-order valence-corrected chi connectivity index (χ3v) is 7.58. The van der Waals surface area contributed by atoms with Crippen LogP contribution in [0.25, 0.3) is 0 Å². The van der Waals surface area contributed by atoms with Crippen molar-refractivity contribution in [3.63, 3.8) is 0 Å². The summed E-state index contributed by atoms with van der Waals surface area (Å²) >= 11 is 12.2. The Balaban J connectivity index is 1.93. The van der Waals surface area contributed by atoms with E-state index in [4.69, 9.17) is 33.7 Å². The average molecular weight is 607 g/mol. The Morgan fingerprint density at radius 1 is 1.18 bits per heavy atom. The SMILES string of the molecule is CC1(C)CC[C@@H](CN(CC(=O)c2c(Cl)cncc2Cl)C(=O)C(=CN)C(=NC2CCC(C(=O)O)CC2)C(F)(F)F)O1. The molecule has 1 amide bonds. The zero-order valence-corrected chi connectivity index (χ0v) is 23.5. The minimum atomic E-state index is -5.05. The predicted octanol–water partition coefficient (Wildman–Crippen LogP) is 4.85. The summed E-state index contributed by atoms with van der Waals surface area (Å²) in [7, 11) is 0. The molecule has 1 saturated carbocycles. The van der Waals surface area contributed by atoms with Gasteiger partial charge in [-0.15, -0.1) is 0 Å². The van der Waals surface area contributed by atoms with Crippen LogP contribution in [0.5, 0.6) is 0 Å². The van der Waals surface area contributed by atoms with E-state index in [1.807, 2.05) is 13.8 Å². The number of rotatable bonds is 9. The molecule has 3 N–H and O–H groups in total. The van der Waals surface area contributed by atoms with Crippen LogP contribution in [-0.4, -0.2) is 75.4 Å². The molecule has 1 aliphatic heterocycles. The molecular weight excluding hydrogens is 576 g/mol. The first-order chi connectivity index (χ1) is 18.6. The normalized spacial score (nSPS) is 23.6. The van der Waals surface area contributed by atoms with E-state index in [1.165, 1.54) is 12.4 Å². The predicted molar refractivity (Wildman–Crippen MR) is 142 cm³/mol. The number of aliphatic imine (C=N–C) groups is 1. The Hall–Kier alpha value is -2.70. The fourth-order valence-electron chi connectivity index (χ4n) is 4.95. The third kappa shape index (κ3) is 7.94. The molecule has 2 heterocycles. The maximum atomic E-state index is 14.3. The Morgan fingerprint density at radius 3 is 2.25 bits per heavy atom. The monoisotopic (exact) mass is 606 g/mol. The molecule has 1 aromatic rings. The van der Waals surface area contributed by atoms with Gasteiger partial charge in [-0.1, -0.05) is 23.2 Å². The fourth-order valence-corrected chi connectivity index (χ4v) is 5.53. The lowest BCUT2D eigenvalue weighted by molar-refractivity contribution is -0.142. The van der Waals surface area contributed by atoms with E-state index < -0.39 is 65.3 Å². The summed E-state index contributed by atoms with van der Waals surface area (Å²) in [4.78, 5) is 46.6. The van der Waals surface area contributed by atoms with Crippen LogP contribution in [0.2, 0.25) is 10.0 Å². The van der Waals surface area contributed by atoms with Gasteiger partial charge in [-0.3, -0.25) is 24.4 Å². The van der Waals surface area contributed by atoms with E-state index >= 15 is 0 Å². The number of carbonyl (C=O) groups is 3. The highest BCUT2D eigenvalue weighted by atomic mass is 35.5. The van der Waals surface area contributed by atoms with Crippen LogP contribution in [-0.2, 0) is 14.3 Å². The third-order valence-electron chi connectivity index (χ3n) is 7.01. The molecule has 0 unspecified atom stereocenters. The molecule has 0 bridgehead atoms. The van der Waals surface area contributed by atoms with E-state index in [0.717, 1.165) is 4.90 Å². The number of nitrogens with zero attached hydrogens (tertiary/aromatic N) is 3. The molecule has 2 fully saturated rings. The average Bonchev–Trinajstić information content (AvgIpc) is 3.20. The van der Waals surface area contributed by atoms with Crippen molar-refractivity contribution in [1.82, 2.24) is 9.88 Å². The summed E-state index contributed by atoms with van der Waals surface area (Å²) < 4.78 is 48.7. The first-order valence-electron chi connectivity index (χ1n) is 12.7. The van der Waals surface area contributed by atoms with Gasteiger partial charge in [0.2, 0.25) is 0 Å². The fraction of sp³-hybridized carbons (Fsp3) is 0.577. The van der Waals surface area contributed by atoms with Gasteiger partial charge in [0.15, 0.2) is 11.5 Å². The second-order valence-electron chi connectivity index (χ2n) is 10.5. The molecule has 14 heteroatoms. The summed E-state index contributed by atoms with van der Waals surface area (Å²) in [6.07, 6.45) is -1.01. The molecule has 220 valence electrons. The molecule has 0 aromatic carbocycles. The maximum Gasteiger partial charge on any atom is 0.433 e. The van der Waals surface area contributed by atoms with E-state index in [9.17, 15) is 32.7 Å². The minimum Gasteiger partial charge on any atom is -0.481 e. The number of carboxylic acids is 1. The number of hydrogen-bond donors (Lipinski definition) is 2. The molecule has 1 aromatic heterocycles. The minimum absolute atomic E-state index is 0.0766. The lowest BCUT2D eigenvalue weighted by Gasteiger charge is -2.29. The van der Waals surface area contributed by atoms with Gasteiger partial charge >= 0.3 is 12.1 Å². The van der Waals surface area contributed by atoms with Crippen LogP contribution < -0.4 is 5.73 Å². The summed E-state index contributed by atoms with van der Waals surface area (Å²) in [5.41, 5.74) is 2.54. The highest BCUT2D eigenvalue weighted by Gasteiger charge is 2.43. The molecule has 3 rings (SSSR count). The number of ether oxygens (including phenoxy) is 1. The molecule has 0 spiro atoms. The van der Waals surface area contributed by atoms with Crippen molar-refractivity contribution >= 4 is 46.6 Å². The van der Waals surface area contributed by atoms with Gasteiger partial charge in [0, 0.05) is 25.1 Å². The van der Waals surface area contributed by atoms with Crippen molar-refractivity contribution in [2.45, 2.75) is 76.3 Å². The summed E-state index contributed by atoms with van der Waals surface area (Å²) in [6, 6.07) is -0.849. The molecule has 2 aliphatic rings. The van der Waals surface area contributed by atoms with E-state index in [1.54, 1.807) is 0 Å². The summed E-state index contributed by atoms with van der Waals surface area (Å²) in [6.45, 7) is 2.84. The quantitative estimate of drug-likeness (QED) is 0.233. The van der Waals surface area contributed by atoms with Gasteiger partial charge < -0.3 is 20.5 Å². The number of carbonyl (C=O) groups excluding carboxylic acids is 2. The standard InChI is InChI=1S/C26H31Cl2F3N4O5/c1-25(2)8-7-16(40-25)12-35(13-20(36)21-18(27)10-33-11-19(21)28)23(37)17(9-32)22(26(29,30)31)34-15-5-3-14(4-6-15)24(38)39/h9-11,14-16H,3-8,12-13,32H2,1-2H3,(H,38,39)/t14?,15?,16-/m0/s1. The van der Waals surface area contributed by atoms with Crippen molar-refractivity contribution in [3.05, 3.63) is 39.8 Å². The van der Waals surface area contributed by atoms with Gasteiger partial charge in [-0.2, -0.15) is 13.2 Å². The zero-order chi connectivity index (χ0) is 29.8. The zero-order valence-electron chi connectivity index (χ0n) is 22.0. The first kappa shape index (κ1) is 31.8. The number of amides is 1. The Kier molecular flexibility index (Phi) is 10.2. The molecule has 1 atom stereocenters. The Labute approximate surface area is 239 Å². The van der Waals surface area contributed by atoms with E-state index in [0.29, 0.717) is 19.0 Å². The Bertz CT molecular complexity index is 1180. The lowest BCUT2D eigenvalue weighted by Crippen LogP contribution is -2.45. The van der Waals surface area contributed by atoms with Crippen LogP contribution in [0, 0.1) is 5.92 Å². The second-order valence-corrected chi connectivity index (χ2v) is 11.3. The number of halogens is 5. The van der Waals surface area contributed by atoms with Crippen LogP contribution >= 0.6 is 23.2 Å². The van der Waals surface area contributed by atoms with Crippen molar-refractivity contribution in [2.75, 3.05) is 13.1 Å². The van der Waals surface area contributed by atoms with E-state index in [2.05, 4.69) is 9.98 Å². The number of carboxylic acid groups (broad SMARTS) is 1. The summed E-state index contributed by atoms with van der Waals surface area (Å²) in [5, 5.41) is 9.03. The number of aliphatic carboxylic acids is 1. The number of alkyl halides is 3. The second kappa shape index (κ2) is 12.9. The molecule has 0 radical (unpaired) electrons. The Morgan fingerprint density at radius 2 is 1.77 bits per heavy atom. The topological polar surface area (TPSA) is 135 Å². The van der Waals surface area contributed by atoms with Crippen molar-refractivity contribution in [1.29, 1.82) is 0 Å². The summed E-state index contributed by atoms with van der Waals surface area (Å²) in [5.74, 6) is -3.54. The van der Waals surface area contributed by atoms with Crippen LogP contribution in [0.3, 0.4) is 0 Å². The van der Waals surface area contributed by atoms with Crippen LogP contribution in [0.1, 0.15) is 62.7 Å². The number of hydrogen-bond acceptors (Lipinski definition) is 7. The number of nitrogens with two attached hydrogens (primary N) is 1. The largest absolute Gasteiger partial charge is 0.481 e. The van der Waals surface area contributed by atoms with Gasteiger partial charge in [-0.25, -0.2) is 0 Å². The number of ketones is 1. The molecular formula is C26H31Cl2F3N4O5. The molecule has 1 aliphatic carbocycles. The maximum absolute atomic E-state index is 14.3. The lowest BCUT2D eigenvalue weighted by atomic mass is 9.86. The molecule has 1 saturated heterocycles.